The fraction of sp³-hybridized carbons (Fsp3) is 0.273. The molecule has 1 aliphatic heterocycles. The van der Waals surface area contributed by atoms with Gasteiger partial charge in [-0.05, 0) is 30.7 Å². The standard InChI is InChI=1S/C22H22ClN5O5/c23-15-4-1-3-14(9-15)17-5-6-18-21(25-17)28(7-2-8-32-18)22(31)27-19-10-24-11-20(26-19)33-13-16(30)12-29/h1,3-6,9-11,16,29-30H,2,7-8,12-13H2,(H,26,27,31). The molecule has 172 valence electrons. The molecule has 0 fully saturated rings. The summed E-state index contributed by atoms with van der Waals surface area (Å²) in [5.41, 5.74) is 1.47. The summed E-state index contributed by atoms with van der Waals surface area (Å²) >= 11 is 6.12. The SMILES string of the molecule is O=C(Nc1cncc(OCC(O)CO)n1)N1CCCOc2ccc(-c3cccc(Cl)c3)nc21. The van der Waals surface area contributed by atoms with E-state index in [1.165, 1.54) is 17.3 Å². The fourth-order valence-electron chi connectivity index (χ4n) is 3.15. The Kier molecular flexibility index (Phi) is 7.18. The molecule has 1 atom stereocenters. The molecule has 3 N–H and O–H groups in total. The van der Waals surface area contributed by atoms with E-state index in [2.05, 4.69) is 20.3 Å². The number of anilines is 2. The van der Waals surface area contributed by atoms with Crippen LogP contribution < -0.4 is 19.7 Å². The number of hydrogen-bond donors (Lipinski definition) is 3. The average molecular weight is 472 g/mol. The minimum absolute atomic E-state index is 0.0984. The third-order valence-corrected chi connectivity index (χ3v) is 4.96. The summed E-state index contributed by atoms with van der Waals surface area (Å²) in [6.07, 6.45) is 2.29. The number of nitrogens with zero attached hydrogens (tertiary/aromatic N) is 4. The Hall–Kier alpha value is -3.47. The first-order valence-corrected chi connectivity index (χ1v) is 10.6. The molecule has 0 spiro atoms. The van der Waals surface area contributed by atoms with Crippen LogP contribution in [0.15, 0.2) is 48.8 Å². The molecule has 0 bridgehead atoms. The highest BCUT2D eigenvalue weighted by Crippen LogP contribution is 2.33. The number of nitrogens with one attached hydrogen (secondary N) is 1. The summed E-state index contributed by atoms with van der Waals surface area (Å²) in [4.78, 5) is 27.4. The first-order valence-electron chi connectivity index (χ1n) is 10.3. The van der Waals surface area contributed by atoms with E-state index in [0.717, 1.165) is 5.56 Å². The van der Waals surface area contributed by atoms with Crippen molar-refractivity contribution in [2.45, 2.75) is 12.5 Å². The average Bonchev–Trinajstić information content (AvgIpc) is 3.05. The molecule has 0 aliphatic carbocycles. The van der Waals surface area contributed by atoms with Gasteiger partial charge in [0.1, 0.15) is 12.7 Å². The lowest BCUT2D eigenvalue weighted by molar-refractivity contribution is 0.0520. The van der Waals surface area contributed by atoms with Crippen molar-refractivity contribution < 1.29 is 24.5 Å². The molecule has 2 amide bonds. The topological polar surface area (TPSA) is 130 Å². The molecule has 11 heteroatoms. The summed E-state index contributed by atoms with van der Waals surface area (Å²) < 4.78 is 11.1. The predicted octanol–water partition coefficient (Wildman–Crippen LogP) is 2.75. The molecule has 0 saturated carbocycles. The third kappa shape index (κ3) is 5.67. The van der Waals surface area contributed by atoms with Crippen molar-refractivity contribution in [3.05, 3.63) is 53.8 Å². The number of fused-ring (bicyclic) bond motifs is 1. The van der Waals surface area contributed by atoms with Crippen molar-refractivity contribution in [1.29, 1.82) is 0 Å². The van der Waals surface area contributed by atoms with Gasteiger partial charge in [-0.3, -0.25) is 15.2 Å². The number of ether oxygens (including phenoxy) is 2. The number of urea groups is 1. The van der Waals surface area contributed by atoms with E-state index < -0.39 is 18.7 Å². The first kappa shape index (κ1) is 22.7. The maximum Gasteiger partial charge on any atom is 0.328 e. The lowest BCUT2D eigenvalue weighted by Gasteiger charge is -2.21. The van der Waals surface area contributed by atoms with Gasteiger partial charge in [0.05, 0.1) is 31.3 Å². The van der Waals surface area contributed by atoms with E-state index >= 15 is 0 Å². The Morgan fingerprint density at radius 3 is 2.97 bits per heavy atom. The second-order valence-electron chi connectivity index (χ2n) is 7.20. The van der Waals surface area contributed by atoms with Gasteiger partial charge in [-0.2, -0.15) is 4.98 Å². The summed E-state index contributed by atoms with van der Waals surface area (Å²) in [7, 11) is 0. The second-order valence-corrected chi connectivity index (χ2v) is 7.64. The van der Waals surface area contributed by atoms with Gasteiger partial charge in [0.2, 0.25) is 5.88 Å². The van der Waals surface area contributed by atoms with Crippen LogP contribution in [0.1, 0.15) is 6.42 Å². The Labute approximate surface area is 194 Å². The monoisotopic (exact) mass is 471 g/mol. The number of rotatable bonds is 6. The third-order valence-electron chi connectivity index (χ3n) is 4.73. The van der Waals surface area contributed by atoms with Gasteiger partial charge in [-0.1, -0.05) is 23.7 Å². The molecule has 10 nitrogen and oxygen atoms in total. The summed E-state index contributed by atoms with van der Waals surface area (Å²) in [5.74, 6) is 1.14. The summed E-state index contributed by atoms with van der Waals surface area (Å²) in [6, 6.07) is 10.4. The summed E-state index contributed by atoms with van der Waals surface area (Å²) in [6.45, 7) is 0.239. The van der Waals surface area contributed by atoms with E-state index in [1.54, 1.807) is 18.2 Å². The first-order chi connectivity index (χ1) is 16.0. The second kappa shape index (κ2) is 10.4. The van der Waals surface area contributed by atoms with Gasteiger partial charge >= 0.3 is 6.03 Å². The molecule has 4 rings (SSSR count). The number of carbonyl (C=O) groups is 1. The zero-order chi connectivity index (χ0) is 23.2. The molecular formula is C22H22ClN5O5. The van der Waals surface area contributed by atoms with Crippen molar-refractivity contribution in [2.75, 3.05) is 36.6 Å². The van der Waals surface area contributed by atoms with Crippen LogP contribution in [-0.2, 0) is 0 Å². The highest BCUT2D eigenvalue weighted by atomic mass is 35.5. The van der Waals surface area contributed by atoms with Gasteiger partial charge in [-0.15, -0.1) is 0 Å². The molecule has 3 aromatic rings. The van der Waals surface area contributed by atoms with Gasteiger partial charge in [0.15, 0.2) is 17.4 Å². The van der Waals surface area contributed by atoms with Gasteiger partial charge in [-0.25, -0.2) is 9.78 Å². The number of benzene rings is 1. The number of carbonyl (C=O) groups excluding carboxylic acids is 1. The van der Waals surface area contributed by atoms with Gasteiger partial charge < -0.3 is 19.7 Å². The molecule has 1 aliphatic rings. The van der Waals surface area contributed by atoms with Gasteiger partial charge in [0, 0.05) is 17.1 Å². The molecule has 2 aromatic heterocycles. The zero-order valence-corrected chi connectivity index (χ0v) is 18.3. The maximum absolute atomic E-state index is 13.1. The molecule has 0 radical (unpaired) electrons. The largest absolute Gasteiger partial charge is 0.490 e. The minimum Gasteiger partial charge on any atom is -0.490 e. The predicted molar refractivity (Wildman–Crippen MR) is 122 cm³/mol. The van der Waals surface area contributed by atoms with Crippen LogP contribution in [0.25, 0.3) is 11.3 Å². The minimum atomic E-state index is -1.04. The number of aliphatic hydroxyl groups is 2. The molecular weight excluding hydrogens is 450 g/mol. The van der Waals surface area contributed by atoms with Crippen LogP contribution in [0.5, 0.6) is 11.6 Å². The number of halogens is 1. The Bertz CT molecular complexity index is 1130. The highest BCUT2D eigenvalue weighted by molar-refractivity contribution is 6.30. The smallest absolute Gasteiger partial charge is 0.328 e. The molecule has 3 heterocycles. The van der Waals surface area contributed by atoms with Crippen LogP contribution in [0.2, 0.25) is 5.02 Å². The normalized spacial score (nSPS) is 14.0. The van der Waals surface area contributed by atoms with Crippen molar-refractivity contribution in [1.82, 2.24) is 15.0 Å². The Balaban J connectivity index is 1.56. The molecule has 0 saturated heterocycles. The van der Waals surface area contributed by atoms with E-state index in [0.29, 0.717) is 41.9 Å². The lowest BCUT2D eigenvalue weighted by atomic mass is 10.1. The van der Waals surface area contributed by atoms with E-state index in [9.17, 15) is 9.90 Å². The van der Waals surface area contributed by atoms with E-state index in [1.807, 2.05) is 18.2 Å². The lowest BCUT2D eigenvalue weighted by Crippen LogP contribution is -2.36. The van der Waals surface area contributed by atoms with Crippen molar-refractivity contribution in [3.8, 4) is 22.9 Å². The Morgan fingerprint density at radius 2 is 2.15 bits per heavy atom. The number of hydrogen-bond acceptors (Lipinski definition) is 8. The Morgan fingerprint density at radius 1 is 1.27 bits per heavy atom. The molecule has 1 unspecified atom stereocenters. The van der Waals surface area contributed by atoms with Crippen molar-refractivity contribution >= 4 is 29.3 Å². The van der Waals surface area contributed by atoms with Crippen LogP contribution >= 0.6 is 11.6 Å². The van der Waals surface area contributed by atoms with Crippen molar-refractivity contribution in [2.24, 2.45) is 0 Å². The summed E-state index contributed by atoms with van der Waals surface area (Å²) in [5, 5.41) is 21.6. The number of amides is 2. The quantitative estimate of drug-likeness (QED) is 0.500. The number of aromatic nitrogens is 3. The van der Waals surface area contributed by atoms with Crippen LogP contribution in [0.3, 0.4) is 0 Å². The van der Waals surface area contributed by atoms with E-state index in [4.69, 9.17) is 26.2 Å². The zero-order valence-electron chi connectivity index (χ0n) is 17.5. The van der Waals surface area contributed by atoms with Crippen LogP contribution in [0.4, 0.5) is 16.4 Å². The van der Waals surface area contributed by atoms with Crippen molar-refractivity contribution in [3.63, 3.8) is 0 Å². The van der Waals surface area contributed by atoms with Crippen LogP contribution in [0, 0.1) is 0 Å². The highest BCUT2D eigenvalue weighted by Gasteiger charge is 2.25. The number of aliphatic hydroxyl groups excluding tert-OH is 2. The number of pyridine rings is 1. The maximum atomic E-state index is 13.1. The molecule has 33 heavy (non-hydrogen) atoms. The van der Waals surface area contributed by atoms with E-state index in [-0.39, 0.29) is 18.3 Å². The fourth-order valence-corrected chi connectivity index (χ4v) is 3.34. The molecule has 1 aromatic carbocycles. The van der Waals surface area contributed by atoms with Crippen LogP contribution in [-0.4, -0.2) is 63.7 Å². The van der Waals surface area contributed by atoms with Gasteiger partial charge in [0.25, 0.3) is 0 Å².